The van der Waals surface area contributed by atoms with Gasteiger partial charge < -0.3 is 10.6 Å². The summed E-state index contributed by atoms with van der Waals surface area (Å²) in [4.78, 5) is 20.5. The number of carbonyl (C=O) groups excluding carboxylic acids is 1. The van der Waals surface area contributed by atoms with Crippen LogP contribution in [0, 0.1) is 0 Å². The number of anilines is 1. The Labute approximate surface area is 126 Å². The van der Waals surface area contributed by atoms with Crippen LogP contribution in [0.5, 0.6) is 0 Å². The molecular weight excluding hydrogens is 320 g/mol. The van der Waals surface area contributed by atoms with Crippen LogP contribution in [-0.4, -0.2) is 22.9 Å². The summed E-state index contributed by atoms with van der Waals surface area (Å²) in [5, 5.41) is 5.85. The van der Waals surface area contributed by atoms with Crippen LogP contribution in [0.1, 0.15) is 28.9 Å². The minimum atomic E-state index is -0.181. The molecular formula is C14H15BrN4O. The molecule has 0 aliphatic carbocycles. The fraction of sp³-hybridized carbons (Fsp3) is 0.214. The molecule has 0 bridgehead atoms. The SMILES string of the molecule is CNc1ncc(Br)cc1C(=O)NC(C)c1cccnc1. The lowest BCUT2D eigenvalue weighted by Gasteiger charge is -2.15. The fourth-order valence-corrected chi connectivity index (χ4v) is 2.13. The highest BCUT2D eigenvalue weighted by atomic mass is 79.9. The summed E-state index contributed by atoms with van der Waals surface area (Å²) < 4.78 is 0.760. The predicted molar refractivity (Wildman–Crippen MR) is 81.6 cm³/mol. The van der Waals surface area contributed by atoms with Gasteiger partial charge in [-0.1, -0.05) is 6.07 Å². The van der Waals surface area contributed by atoms with Crippen molar-refractivity contribution >= 4 is 27.7 Å². The van der Waals surface area contributed by atoms with E-state index in [0.29, 0.717) is 11.4 Å². The van der Waals surface area contributed by atoms with Crippen molar-refractivity contribution in [3.63, 3.8) is 0 Å². The molecule has 6 heteroatoms. The summed E-state index contributed by atoms with van der Waals surface area (Å²) in [6, 6.07) is 5.39. The van der Waals surface area contributed by atoms with Crippen LogP contribution in [0.2, 0.25) is 0 Å². The standard InChI is InChI=1S/C14H15BrN4O/c1-9(10-4-3-5-17-7-10)19-14(20)12-6-11(15)8-18-13(12)16-2/h3-9H,1-2H3,(H,16,18)(H,19,20). The zero-order valence-electron chi connectivity index (χ0n) is 11.2. The van der Waals surface area contributed by atoms with Gasteiger partial charge in [-0.05, 0) is 40.5 Å². The highest BCUT2D eigenvalue weighted by Gasteiger charge is 2.15. The minimum absolute atomic E-state index is 0.125. The van der Waals surface area contributed by atoms with E-state index < -0.39 is 0 Å². The molecule has 1 amide bonds. The Morgan fingerprint density at radius 2 is 2.20 bits per heavy atom. The molecule has 0 spiro atoms. The summed E-state index contributed by atoms with van der Waals surface area (Å²) in [6.07, 6.45) is 5.09. The van der Waals surface area contributed by atoms with Gasteiger partial charge in [-0.25, -0.2) is 4.98 Å². The third-order valence-electron chi connectivity index (χ3n) is 2.87. The van der Waals surface area contributed by atoms with Gasteiger partial charge >= 0.3 is 0 Å². The molecule has 0 saturated carbocycles. The van der Waals surface area contributed by atoms with Crippen LogP contribution in [0.3, 0.4) is 0 Å². The van der Waals surface area contributed by atoms with Gasteiger partial charge in [0.05, 0.1) is 11.6 Å². The second-order valence-electron chi connectivity index (χ2n) is 4.28. The van der Waals surface area contributed by atoms with Crippen LogP contribution < -0.4 is 10.6 Å². The zero-order chi connectivity index (χ0) is 14.5. The summed E-state index contributed by atoms with van der Waals surface area (Å²) in [7, 11) is 1.73. The molecule has 1 atom stereocenters. The summed E-state index contributed by atoms with van der Waals surface area (Å²) in [5.74, 6) is 0.364. The third kappa shape index (κ3) is 3.33. The molecule has 0 fully saturated rings. The van der Waals surface area contributed by atoms with Crippen molar-refractivity contribution in [3.8, 4) is 0 Å². The minimum Gasteiger partial charge on any atom is -0.372 e. The number of pyridine rings is 2. The number of halogens is 1. The van der Waals surface area contributed by atoms with Gasteiger partial charge in [0.2, 0.25) is 0 Å². The van der Waals surface area contributed by atoms with Crippen molar-refractivity contribution < 1.29 is 4.79 Å². The van der Waals surface area contributed by atoms with Gasteiger partial charge in [0, 0.05) is 30.1 Å². The van der Waals surface area contributed by atoms with Crippen molar-refractivity contribution in [2.45, 2.75) is 13.0 Å². The van der Waals surface area contributed by atoms with Crippen LogP contribution >= 0.6 is 15.9 Å². The van der Waals surface area contributed by atoms with Crippen LogP contribution in [-0.2, 0) is 0 Å². The Hall–Kier alpha value is -1.95. The van der Waals surface area contributed by atoms with E-state index in [1.807, 2.05) is 19.1 Å². The van der Waals surface area contributed by atoms with Crippen LogP contribution in [0.25, 0.3) is 0 Å². The Balaban J connectivity index is 2.18. The van der Waals surface area contributed by atoms with E-state index >= 15 is 0 Å². The van der Waals surface area contributed by atoms with E-state index in [0.717, 1.165) is 10.0 Å². The largest absolute Gasteiger partial charge is 0.372 e. The van der Waals surface area contributed by atoms with Gasteiger partial charge in [0.1, 0.15) is 5.82 Å². The predicted octanol–water partition coefficient (Wildman–Crippen LogP) is 2.77. The van der Waals surface area contributed by atoms with Crippen LogP contribution in [0.15, 0.2) is 41.3 Å². The van der Waals surface area contributed by atoms with Gasteiger partial charge in [-0.2, -0.15) is 0 Å². The summed E-state index contributed by atoms with van der Waals surface area (Å²) >= 11 is 3.32. The van der Waals surface area contributed by atoms with E-state index in [1.165, 1.54) is 0 Å². The Morgan fingerprint density at radius 1 is 1.40 bits per heavy atom. The second kappa shape index (κ2) is 6.47. The number of amides is 1. The lowest BCUT2D eigenvalue weighted by atomic mass is 10.1. The molecule has 2 rings (SSSR count). The maximum atomic E-state index is 12.3. The number of nitrogens with one attached hydrogen (secondary N) is 2. The molecule has 1 unspecified atom stereocenters. The molecule has 20 heavy (non-hydrogen) atoms. The van der Waals surface area contributed by atoms with E-state index in [-0.39, 0.29) is 11.9 Å². The first kappa shape index (κ1) is 14.5. The number of aromatic nitrogens is 2. The molecule has 0 aliphatic rings. The van der Waals surface area contributed by atoms with Crippen molar-refractivity contribution in [2.24, 2.45) is 0 Å². The summed E-state index contributed by atoms with van der Waals surface area (Å²) in [6.45, 7) is 1.92. The number of hydrogen-bond donors (Lipinski definition) is 2. The van der Waals surface area contributed by atoms with Crippen molar-refractivity contribution in [3.05, 3.63) is 52.4 Å². The van der Waals surface area contributed by atoms with E-state index in [2.05, 4.69) is 36.5 Å². The Morgan fingerprint density at radius 3 is 2.85 bits per heavy atom. The first-order chi connectivity index (χ1) is 9.61. The molecule has 5 nitrogen and oxygen atoms in total. The van der Waals surface area contributed by atoms with E-state index in [1.54, 1.807) is 31.7 Å². The molecule has 2 aromatic rings. The van der Waals surface area contributed by atoms with Crippen molar-refractivity contribution in [1.82, 2.24) is 15.3 Å². The molecule has 2 aromatic heterocycles. The second-order valence-corrected chi connectivity index (χ2v) is 5.20. The molecule has 0 aromatic carbocycles. The summed E-state index contributed by atoms with van der Waals surface area (Å²) in [5.41, 5.74) is 1.45. The smallest absolute Gasteiger partial charge is 0.255 e. The maximum absolute atomic E-state index is 12.3. The molecule has 2 N–H and O–H groups in total. The topological polar surface area (TPSA) is 66.9 Å². The van der Waals surface area contributed by atoms with Crippen molar-refractivity contribution in [1.29, 1.82) is 0 Å². The fourth-order valence-electron chi connectivity index (χ4n) is 1.80. The average Bonchev–Trinajstić information content (AvgIpc) is 2.48. The first-order valence-electron chi connectivity index (χ1n) is 6.16. The molecule has 104 valence electrons. The number of rotatable bonds is 4. The average molecular weight is 335 g/mol. The molecule has 0 saturated heterocycles. The first-order valence-corrected chi connectivity index (χ1v) is 6.95. The number of carbonyl (C=O) groups is 1. The zero-order valence-corrected chi connectivity index (χ0v) is 12.8. The highest BCUT2D eigenvalue weighted by Crippen LogP contribution is 2.19. The van der Waals surface area contributed by atoms with Gasteiger partial charge in [-0.3, -0.25) is 9.78 Å². The Bertz CT molecular complexity index is 603. The van der Waals surface area contributed by atoms with Crippen molar-refractivity contribution in [2.75, 3.05) is 12.4 Å². The number of hydrogen-bond acceptors (Lipinski definition) is 4. The Kier molecular flexibility index (Phi) is 4.68. The van der Waals surface area contributed by atoms with Gasteiger partial charge in [-0.15, -0.1) is 0 Å². The van der Waals surface area contributed by atoms with Gasteiger partial charge in [0.15, 0.2) is 0 Å². The molecule has 2 heterocycles. The normalized spacial score (nSPS) is 11.8. The maximum Gasteiger partial charge on any atom is 0.255 e. The van der Waals surface area contributed by atoms with E-state index in [9.17, 15) is 4.79 Å². The lowest BCUT2D eigenvalue weighted by Crippen LogP contribution is -2.27. The monoisotopic (exact) mass is 334 g/mol. The third-order valence-corrected chi connectivity index (χ3v) is 3.30. The molecule has 0 aliphatic heterocycles. The van der Waals surface area contributed by atoms with Gasteiger partial charge in [0.25, 0.3) is 5.91 Å². The lowest BCUT2D eigenvalue weighted by molar-refractivity contribution is 0.0940. The molecule has 0 radical (unpaired) electrons. The van der Waals surface area contributed by atoms with E-state index in [4.69, 9.17) is 0 Å². The number of nitrogens with zero attached hydrogens (tertiary/aromatic N) is 2. The van der Waals surface area contributed by atoms with Crippen LogP contribution in [0.4, 0.5) is 5.82 Å². The highest BCUT2D eigenvalue weighted by molar-refractivity contribution is 9.10. The quantitative estimate of drug-likeness (QED) is 0.902.